The molecule has 82 valence electrons. The van der Waals surface area contributed by atoms with Crippen LogP contribution in [0.3, 0.4) is 0 Å². The average molecular weight is 206 g/mol. The molecule has 0 aliphatic carbocycles. The fourth-order valence-corrected chi connectivity index (χ4v) is 1.77. The monoisotopic (exact) mass is 206 g/mol. The Bertz CT molecular complexity index is 359. The molecule has 0 aliphatic rings. The lowest BCUT2D eigenvalue weighted by atomic mass is 9.96. The predicted octanol–water partition coefficient (Wildman–Crippen LogP) is 2.86. The zero-order chi connectivity index (χ0) is 11.4. The van der Waals surface area contributed by atoms with Crippen molar-refractivity contribution in [1.29, 1.82) is 5.41 Å². The summed E-state index contributed by atoms with van der Waals surface area (Å²) in [6, 6.07) is 3.81. The van der Waals surface area contributed by atoms with Crippen LogP contribution in [0.5, 0.6) is 5.75 Å². The van der Waals surface area contributed by atoms with Crippen molar-refractivity contribution in [3.8, 4) is 5.75 Å². The molecule has 0 saturated heterocycles. The molecule has 15 heavy (non-hydrogen) atoms. The molecule has 1 aromatic rings. The van der Waals surface area contributed by atoms with E-state index in [0.29, 0.717) is 5.92 Å². The molecule has 0 saturated carbocycles. The van der Waals surface area contributed by atoms with E-state index in [4.69, 9.17) is 10.1 Å². The predicted molar refractivity (Wildman–Crippen MR) is 64.5 cm³/mol. The van der Waals surface area contributed by atoms with Crippen LogP contribution in [0.4, 0.5) is 5.69 Å². The first-order chi connectivity index (χ1) is 7.15. The number of benzene rings is 1. The first-order valence-corrected chi connectivity index (χ1v) is 5.04. The van der Waals surface area contributed by atoms with Crippen LogP contribution in [-0.4, -0.2) is 20.4 Å². The Labute approximate surface area is 91.0 Å². The summed E-state index contributed by atoms with van der Waals surface area (Å²) in [4.78, 5) is 0. The molecule has 2 N–H and O–H groups in total. The van der Waals surface area contributed by atoms with Crippen LogP contribution < -0.4 is 10.1 Å². The van der Waals surface area contributed by atoms with E-state index >= 15 is 0 Å². The van der Waals surface area contributed by atoms with E-state index in [1.54, 1.807) is 7.11 Å². The minimum Gasteiger partial charge on any atom is -0.496 e. The molecule has 0 radical (unpaired) electrons. The van der Waals surface area contributed by atoms with Crippen molar-refractivity contribution < 1.29 is 4.74 Å². The lowest BCUT2D eigenvalue weighted by Gasteiger charge is -2.18. The average Bonchev–Trinajstić information content (AvgIpc) is 2.26. The van der Waals surface area contributed by atoms with Gasteiger partial charge in [0.1, 0.15) is 5.75 Å². The van der Waals surface area contributed by atoms with Crippen molar-refractivity contribution in [2.75, 3.05) is 19.5 Å². The third-order valence-corrected chi connectivity index (χ3v) is 2.44. The third-order valence-electron chi connectivity index (χ3n) is 2.44. The van der Waals surface area contributed by atoms with Crippen molar-refractivity contribution in [1.82, 2.24) is 0 Å². The molecule has 0 atom stereocenters. The van der Waals surface area contributed by atoms with Gasteiger partial charge in [-0.3, -0.25) is 0 Å². The van der Waals surface area contributed by atoms with Crippen molar-refractivity contribution in [2.24, 2.45) is 0 Å². The van der Waals surface area contributed by atoms with Gasteiger partial charge in [0.15, 0.2) is 0 Å². The number of nitrogens with one attached hydrogen (secondary N) is 2. The number of methoxy groups -OCH3 is 1. The molecule has 3 heteroatoms. The summed E-state index contributed by atoms with van der Waals surface area (Å²) in [6.45, 7) is 4.23. The normalized spacial score (nSPS) is 10.2. The highest BCUT2D eigenvalue weighted by Crippen LogP contribution is 2.35. The SMILES string of the molecule is CNc1c(C=N)ccc(OC)c1C(C)C. The topological polar surface area (TPSA) is 45.1 Å². The van der Waals surface area contributed by atoms with Crippen LogP contribution >= 0.6 is 0 Å². The molecular weight excluding hydrogens is 188 g/mol. The van der Waals surface area contributed by atoms with Crippen LogP contribution in [0.25, 0.3) is 0 Å². The van der Waals surface area contributed by atoms with Gasteiger partial charge in [0.25, 0.3) is 0 Å². The lowest BCUT2D eigenvalue weighted by molar-refractivity contribution is 0.408. The molecule has 0 amide bonds. The Kier molecular flexibility index (Phi) is 3.72. The van der Waals surface area contributed by atoms with Crippen LogP contribution in [0.1, 0.15) is 30.9 Å². The summed E-state index contributed by atoms with van der Waals surface area (Å²) in [5, 5.41) is 10.5. The van der Waals surface area contributed by atoms with Crippen molar-refractivity contribution in [3.05, 3.63) is 23.3 Å². The molecule has 0 bridgehead atoms. The Balaban J connectivity index is 3.44. The van der Waals surface area contributed by atoms with Gasteiger partial charge in [0, 0.05) is 30.1 Å². The molecule has 0 aromatic heterocycles. The lowest BCUT2D eigenvalue weighted by Crippen LogP contribution is -2.04. The first kappa shape index (κ1) is 11.6. The number of hydrogen-bond acceptors (Lipinski definition) is 3. The van der Waals surface area contributed by atoms with E-state index in [1.165, 1.54) is 6.21 Å². The molecule has 0 fully saturated rings. The summed E-state index contributed by atoms with van der Waals surface area (Å²) in [7, 11) is 3.54. The standard InChI is InChI=1S/C12H18N2O/c1-8(2)11-10(15-4)6-5-9(7-13)12(11)14-3/h5-8,13-14H,1-4H3. The number of hydrogen-bond donors (Lipinski definition) is 2. The van der Waals surface area contributed by atoms with E-state index in [1.807, 2.05) is 19.2 Å². The second kappa shape index (κ2) is 4.82. The van der Waals surface area contributed by atoms with Crippen molar-refractivity contribution >= 4 is 11.9 Å². The molecule has 0 spiro atoms. The Morgan fingerprint density at radius 3 is 2.47 bits per heavy atom. The maximum atomic E-state index is 7.35. The van der Waals surface area contributed by atoms with Crippen molar-refractivity contribution in [3.63, 3.8) is 0 Å². The van der Waals surface area contributed by atoms with Gasteiger partial charge in [-0.05, 0) is 18.1 Å². The second-order valence-corrected chi connectivity index (χ2v) is 3.69. The highest BCUT2D eigenvalue weighted by atomic mass is 16.5. The molecule has 1 rings (SSSR count). The van der Waals surface area contributed by atoms with Crippen LogP contribution in [0.15, 0.2) is 12.1 Å². The number of rotatable bonds is 4. The minimum atomic E-state index is 0.363. The molecule has 1 aromatic carbocycles. The fourth-order valence-electron chi connectivity index (χ4n) is 1.77. The zero-order valence-corrected chi connectivity index (χ0v) is 9.72. The van der Waals surface area contributed by atoms with E-state index in [0.717, 1.165) is 22.6 Å². The maximum absolute atomic E-state index is 7.35. The first-order valence-electron chi connectivity index (χ1n) is 5.04. The van der Waals surface area contributed by atoms with Gasteiger partial charge in [-0.2, -0.15) is 0 Å². The van der Waals surface area contributed by atoms with Gasteiger partial charge in [0.2, 0.25) is 0 Å². The van der Waals surface area contributed by atoms with Crippen LogP contribution in [0, 0.1) is 5.41 Å². The second-order valence-electron chi connectivity index (χ2n) is 3.69. The van der Waals surface area contributed by atoms with Gasteiger partial charge in [0.05, 0.1) is 7.11 Å². The quantitative estimate of drug-likeness (QED) is 0.744. The summed E-state index contributed by atoms with van der Waals surface area (Å²) >= 11 is 0. The molecular formula is C12H18N2O. The van der Waals surface area contributed by atoms with E-state index < -0.39 is 0 Å². The minimum absolute atomic E-state index is 0.363. The van der Waals surface area contributed by atoms with E-state index in [-0.39, 0.29) is 0 Å². The molecule has 0 aliphatic heterocycles. The largest absolute Gasteiger partial charge is 0.496 e. The third kappa shape index (κ3) is 2.12. The van der Waals surface area contributed by atoms with Gasteiger partial charge < -0.3 is 15.5 Å². The zero-order valence-electron chi connectivity index (χ0n) is 9.72. The van der Waals surface area contributed by atoms with E-state index in [9.17, 15) is 0 Å². The van der Waals surface area contributed by atoms with Crippen molar-refractivity contribution in [2.45, 2.75) is 19.8 Å². The summed E-state index contributed by atoms with van der Waals surface area (Å²) in [6.07, 6.45) is 1.36. The molecule has 0 unspecified atom stereocenters. The van der Waals surface area contributed by atoms with Crippen LogP contribution in [0.2, 0.25) is 0 Å². The number of ether oxygens (including phenoxy) is 1. The highest BCUT2D eigenvalue weighted by molar-refractivity contribution is 5.88. The Hall–Kier alpha value is -1.51. The molecule has 3 nitrogen and oxygen atoms in total. The highest BCUT2D eigenvalue weighted by Gasteiger charge is 2.14. The summed E-state index contributed by atoms with van der Waals surface area (Å²) in [5.41, 5.74) is 3.00. The van der Waals surface area contributed by atoms with Gasteiger partial charge >= 0.3 is 0 Å². The van der Waals surface area contributed by atoms with Crippen LogP contribution in [-0.2, 0) is 0 Å². The summed E-state index contributed by atoms with van der Waals surface area (Å²) in [5.74, 6) is 1.24. The molecule has 0 heterocycles. The number of anilines is 1. The Morgan fingerprint density at radius 2 is 2.07 bits per heavy atom. The van der Waals surface area contributed by atoms with E-state index in [2.05, 4.69) is 19.2 Å². The fraction of sp³-hybridized carbons (Fsp3) is 0.417. The van der Waals surface area contributed by atoms with Gasteiger partial charge in [-0.1, -0.05) is 13.8 Å². The smallest absolute Gasteiger partial charge is 0.124 e. The Morgan fingerprint density at radius 1 is 1.40 bits per heavy atom. The van der Waals surface area contributed by atoms with Gasteiger partial charge in [-0.25, -0.2) is 0 Å². The maximum Gasteiger partial charge on any atom is 0.124 e. The van der Waals surface area contributed by atoms with Gasteiger partial charge in [-0.15, -0.1) is 0 Å². The summed E-state index contributed by atoms with van der Waals surface area (Å²) < 4.78 is 5.33.